The molecular weight excluding hydrogens is 168 g/mol. The quantitative estimate of drug-likeness (QED) is 0.538. The summed E-state index contributed by atoms with van der Waals surface area (Å²) in [5.74, 6) is 0. The van der Waals surface area contributed by atoms with Crippen LogP contribution in [0.2, 0.25) is 0 Å². The molecule has 0 fully saturated rings. The molecule has 1 aliphatic rings. The lowest BCUT2D eigenvalue weighted by Crippen LogP contribution is -1.76. The van der Waals surface area contributed by atoms with Gasteiger partial charge in [0.1, 0.15) is 0 Å². The fourth-order valence-electron chi connectivity index (χ4n) is 1.70. The van der Waals surface area contributed by atoms with Gasteiger partial charge in [0, 0.05) is 0 Å². The zero-order valence-corrected chi connectivity index (χ0v) is 10.4. The molecule has 0 heteroatoms. The van der Waals surface area contributed by atoms with Crippen molar-refractivity contribution < 1.29 is 0 Å². The van der Waals surface area contributed by atoms with E-state index in [9.17, 15) is 0 Å². The molecule has 0 saturated carbocycles. The van der Waals surface area contributed by atoms with Crippen LogP contribution in [0.4, 0.5) is 0 Å². The van der Waals surface area contributed by atoms with Crippen molar-refractivity contribution in [1.29, 1.82) is 0 Å². The van der Waals surface area contributed by atoms with E-state index in [0.29, 0.717) is 0 Å². The van der Waals surface area contributed by atoms with Gasteiger partial charge in [-0.15, -0.1) is 0 Å². The van der Waals surface area contributed by atoms with E-state index < -0.39 is 0 Å². The molecule has 0 atom stereocenters. The lowest BCUT2D eigenvalue weighted by atomic mass is 10.1. The molecule has 0 radical (unpaired) electrons. The maximum Gasteiger partial charge on any atom is -0.0276 e. The van der Waals surface area contributed by atoms with Crippen molar-refractivity contribution in [1.82, 2.24) is 0 Å². The Labute approximate surface area is 89.4 Å². The van der Waals surface area contributed by atoms with E-state index >= 15 is 0 Å². The molecule has 0 aromatic heterocycles. The minimum atomic E-state index is 1.28. The van der Waals surface area contributed by atoms with Crippen LogP contribution in [0.15, 0.2) is 34.9 Å². The number of allylic oxidation sites excluding steroid dienone is 6. The van der Waals surface area contributed by atoms with E-state index in [1.54, 1.807) is 11.1 Å². The van der Waals surface area contributed by atoms with E-state index in [1.807, 2.05) is 13.8 Å². The summed E-state index contributed by atoms with van der Waals surface area (Å²) >= 11 is 0. The summed E-state index contributed by atoms with van der Waals surface area (Å²) in [6.45, 7) is 10.5. The zero-order chi connectivity index (χ0) is 11.0. The van der Waals surface area contributed by atoms with Crippen molar-refractivity contribution in [2.75, 3.05) is 0 Å². The van der Waals surface area contributed by atoms with E-state index in [-0.39, 0.29) is 0 Å². The maximum absolute atomic E-state index is 2.32. The fourth-order valence-corrected chi connectivity index (χ4v) is 1.70. The summed E-state index contributed by atoms with van der Waals surface area (Å²) in [5.41, 5.74) is 4.51. The summed E-state index contributed by atoms with van der Waals surface area (Å²) in [6.07, 6.45) is 10.5. The second-order valence-electron chi connectivity index (χ2n) is 3.55. The standard InChI is InChI=1S/C12H18.C2H6/c1-4-6-10(2)9-12-8-5-7-11(12)3;1-2/h4,6,9H,5,7-8H2,1-3H3;1-2H3/b6-4-,10-9-;. The normalized spacial score (nSPS) is 17.4. The molecule has 0 nitrogen and oxygen atoms in total. The van der Waals surface area contributed by atoms with Gasteiger partial charge in [0.25, 0.3) is 0 Å². The average molecular weight is 192 g/mol. The van der Waals surface area contributed by atoms with Crippen molar-refractivity contribution >= 4 is 0 Å². The molecule has 0 amide bonds. The first kappa shape index (κ1) is 13.2. The van der Waals surface area contributed by atoms with Crippen molar-refractivity contribution in [3.8, 4) is 0 Å². The minimum absolute atomic E-state index is 1.28. The zero-order valence-electron chi connectivity index (χ0n) is 10.4. The SMILES string of the molecule is C/C=C\C(C)=C/C1=C(C)CCC1.CC. The summed E-state index contributed by atoms with van der Waals surface area (Å²) < 4.78 is 0. The van der Waals surface area contributed by atoms with Gasteiger partial charge < -0.3 is 0 Å². The Morgan fingerprint density at radius 3 is 2.29 bits per heavy atom. The van der Waals surface area contributed by atoms with E-state index in [2.05, 4.69) is 39.0 Å². The van der Waals surface area contributed by atoms with Gasteiger partial charge in [-0.3, -0.25) is 0 Å². The van der Waals surface area contributed by atoms with Crippen molar-refractivity contribution in [2.45, 2.75) is 53.9 Å². The first-order chi connectivity index (χ1) is 6.74. The third-order valence-electron chi connectivity index (χ3n) is 2.38. The Morgan fingerprint density at radius 1 is 1.21 bits per heavy atom. The lowest BCUT2D eigenvalue weighted by molar-refractivity contribution is 0.898. The Hall–Kier alpha value is -0.780. The van der Waals surface area contributed by atoms with Crippen molar-refractivity contribution in [3.63, 3.8) is 0 Å². The topological polar surface area (TPSA) is 0 Å². The smallest absolute Gasteiger partial charge is 0.0276 e. The molecule has 0 aromatic rings. The molecule has 0 unspecified atom stereocenters. The summed E-state index contributed by atoms with van der Waals surface area (Å²) in [4.78, 5) is 0. The molecule has 1 rings (SSSR count). The Balaban J connectivity index is 0.000000791. The summed E-state index contributed by atoms with van der Waals surface area (Å²) in [5, 5.41) is 0. The molecule has 0 saturated heterocycles. The molecule has 80 valence electrons. The van der Waals surface area contributed by atoms with Crippen LogP contribution in [0, 0.1) is 0 Å². The van der Waals surface area contributed by atoms with E-state index in [1.165, 1.54) is 24.8 Å². The van der Waals surface area contributed by atoms with Gasteiger partial charge in [0.15, 0.2) is 0 Å². The molecule has 0 spiro atoms. The van der Waals surface area contributed by atoms with Gasteiger partial charge in [-0.25, -0.2) is 0 Å². The number of rotatable bonds is 2. The Kier molecular flexibility index (Phi) is 7.18. The number of hydrogen-bond acceptors (Lipinski definition) is 0. The lowest BCUT2D eigenvalue weighted by Gasteiger charge is -1.97. The highest BCUT2D eigenvalue weighted by Gasteiger charge is 2.07. The Morgan fingerprint density at radius 2 is 1.86 bits per heavy atom. The largest absolute Gasteiger partial charge is 0.0874 e. The molecule has 0 aromatic carbocycles. The maximum atomic E-state index is 2.32. The highest BCUT2D eigenvalue weighted by molar-refractivity contribution is 5.34. The number of hydrogen-bond donors (Lipinski definition) is 0. The van der Waals surface area contributed by atoms with Gasteiger partial charge in [-0.1, -0.05) is 43.2 Å². The molecular formula is C14H24. The predicted molar refractivity (Wildman–Crippen MR) is 66.5 cm³/mol. The van der Waals surface area contributed by atoms with Crippen LogP contribution in [-0.2, 0) is 0 Å². The highest BCUT2D eigenvalue weighted by Crippen LogP contribution is 2.27. The molecule has 0 N–H and O–H groups in total. The first-order valence-electron chi connectivity index (χ1n) is 5.73. The van der Waals surface area contributed by atoms with Crippen LogP contribution in [0.25, 0.3) is 0 Å². The monoisotopic (exact) mass is 192 g/mol. The van der Waals surface area contributed by atoms with Gasteiger partial charge in [-0.05, 0) is 45.6 Å². The van der Waals surface area contributed by atoms with Crippen molar-refractivity contribution in [2.24, 2.45) is 0 Å². The molecule has 14 heavy (non-hydrogen) atoms. The second-order valence-corrected chi connectivity index (χ2v) is 3.55. The van der Waals surface area contributed by atoms with Crippen LogP contribution in [0.5, 0.6) is 0 Å². The predicted octanol–water partition coefficient (Wildman–Crippen LogP) is 5.04. The van der Waals surface area contributed by atoms with Crippen LogP contribution in [0.3, 0.4) is 0 Å². The van der Waals surface area contributed by atoms with Crippen LogP contribution in [0.1, 0.15) is 53.9 Å². The van der Waals surface area contributed by atoms with E-state index in [4.69, 9.17) is 0 Å². The molecule has 0 aliphatic heterocycles. The van der Waals surface area contributed by atoms with Gasteiger partial charge >= 0.3 is 0 Å². The summed E-state index contributed by atoms with van der Waals surface area (Å²) in [6, 6.07) is 0. The minimum Gasteiger partial charge on any atom is -0.0874 e. The third kappa shape index (κ3) is 4.45. The van der Waals surface area contributed by atoms with E-state index in [0.717, 1.165) is 0 Å². The van der Waals surface area contributed by atoms with Crippen LogP contribution < -0.4 is 0 Å². The van der Waals surface area contributed by atoms with Crippen LogP contribution in [-0.4, -0.2) is 0 Å². The molecule has 0 heterocycles. The van der Waals surface area contributed by atoms with Crippen LogP contribution >= 0.6 is 0 Å². The second kappa shape index (κ2) is 7.61. The fraction of sp³-hybridized carbons (Fsp3) is 0.571. The Bertz CT molecular complexity index is 239. The molecule has 1 aliphatic carbocycles. The van der Waals surface area contributed by atoms with Gasteiger partial charge in [0.2, 0.25) is 0 Å². The first-order valence-corrected chi connectivity index (χ1v) is 5.73. The average Bonchev–Trinajstić information content (AvgIpc) is 2.56. The van der Waals surface area contributed by atoms with Gasteiger partial charge in [0.05, 0.1) is 0 Å². The third-order valence-corrected chi connectivity index (χ3v) is 2.38. The molecule has 0 bridgehead atoms. The van der Waals surface area contributed by atoms with Crippen molar-refractivity contribution in [3.05, 3.63) is 34.9 Å². The van der Waals surface area contributed by atoms with Gasteiger partial charge in [-0.2, -0.15) is 0 Å². The highest BCUT2D eigenvalue weighted by atomic mass is 14.1. The summed E-state index contributed by atoms with van der Waals surface area (Å²) in [7, 11) is 0.